The van der Waals surface area contributed by atoms with E-state index in [1.54, 1.807) is 6.07 Å². The van der Waals surface area contributed by atoms with Gasteiger partial charge in [0.05, 0.1) is 7.11 Å². The van der Waals surface area contributed by atoms with Crippen LogP contribution in [0.1, 0.15) is 47.7 Å². The predicted molar refractivity (Wildman–Crippen MR) is 123 cm³/mol. The quantitative estimate of drug-likeness (QED) is 0.605. The molecule has 0 bridgehead atoms. The van der Waals surface area contributed by atoms with Crippen molar-refractivity contribution in [3.63, 3.8) is 0 Å². The number of carbonyl (C=O) groups is 1. The van der Waals surface area contributed by atoms with Crippen LogP contribution in [0.3, 0.4) is 0 Å². The van der Waals surface area contributed by atoms with Gasteiger partial charge in [-0.05, 0) is 55.0 Å². The molecule has 1 heterocycles. The number of fused-ring (bicyclic) bond motifs is 1. The van der Waals surface area contributed by atoms with Gasteiger partial charge in [0, 0.05) is 37.3 Å². The van der Waals surface area contributed by atoms with Gasteiger partial charge >= 0.3 is 0 Å². The number of amides is 1. The summed E-state index contributed by atoms with van der Waals surface area (Å²) in [6.07, 6.45) is 3.59. The van der Waals surface area contributed by atoms with Gasteiger partial charge in [-0.25, -0.2) is 13.1 Å². The molecule has 1 saturated carbocycles. The molecule has 0 aromatic heterocycles. The molecule has 0 saturated heterocycles. The van der Waals surface area contributed by atoms with Crippen LogP contribution in [0.2, 0.25) is 0 Å². The van der Waals surface area contributed by atoms with Crippen LogP contribution in [0.15, 0.2) is 47.4 Å². The SMILES string of the molecule is CCC(CNC(=O)c1ccc(OC)c(S(=O)(=O)NC2CC2)c1)N1CCc2ccccc2C1. The fourth-order valence-corrected chi connectivity index (χ4v) is 5.69. The fraction of sp³-hybridized carbons (Fsp3) is 0.458. The first-order valence-corrected chi connectivity index (χ1v) is 12.7. The van der Waals surface area contributed by atoms with E-state index in [1.807, 2.05) is 0 Å². The lowest BCUT2D eigenvalue weighted by Crippen LogP contribution is -2.45. The molecule has 8 heteroatoms. The molecule has 2 N–H and O–H groups in total. The average Bonchev–Trinajstić information content (AvgIpc) is 3.62. The van der Waals surface area contributed by atoms with Crippen molar-refractivity contribution in [2.75, 3.05) is 20.2 Å². The van der Waals surface area contributed by atoms with E-state index in [1.165, 1.54) is 30.4 Å². The van der Waals surface area contributed by atoms with E-state index in [0.29, 0.717) is 12.1 Å². The summed E-state index contributed by atoms with van der Waals surface area (Å²) in [5, 5.41) is 3.00. The number of hydrogen-bond acceptors (Lipinski definition) is 5. The summed E-state index contributed by atoms with van der Waals surface area (Å²) in [6, 6.07) is 13.2. The second kappa shape index (κ2) is 9.60. The van der Waals surface area contributed by atoms with Gasteiger partial charge in [-0.2, -0.15) is 0 Å². The number of carbonyl (C=O) groups excluding carboxylic acids is 1. The third-order valence-electron chi connectivity index (χ3n) is 6.26. The van der Waals surface area contributed by atoms with Gasteiger partial charge in [-0.15, -0.1) is 0 Å². The summed E-state index contributed by atoms with van der Waals surface area (Å²) in [7, 11) is -2.32. The maximum atomic E-state index is 12.9. The van der Waals surface area contributed by atoms with Crippen molar-refractivity contribution in [1.82, 2.24) is 14.9 Å². The van der Waals surface area contributed by atoms with Crippen LogP contribution >= 0.6 is 0 Å². The molecular formula is C24H31N3O4S. The molecule has 1 aliphatic heterocycles. The lowest BCUT2D eigenvalue weighted by Gasteiger charge is -2.35. The molecule has 0 radical (unpaired) electrons. The van der Waals surface area contributed by atoms with Crippen molar-refractivity contribution in [3.8, 4) is 5.75 Å². The number of nitrogens with zero attached hydrogens (tertiary/aromatic N) is 1. The van der Waals surface area contributed by atoms with Crippen LogP contribution in [0.4, 0.5) is 0 Å². The van der Waals surface area contributed by atoms with Crippen LogP contribution in [-0.4, -0.2) is 51.5 Å². The van der Waals surface area contributed by atoms with Gasteiger partial charge in [0.25, 0.3) is 5.91 Å². The highest BCUT2D eigenvalue weighted by Crippen LogP contribution is 2.28. The van der Waals surface area contributed by atoms with E-state index in [-0.39, 0.29) is 28.6 Å². The van der Waals surface area contributed by atoms with Crippen LogP contribution < -0.4 is 14.8 Å². The zero-order valence-electron chi connectivity index (χ0n) is 18.6. The zero-order valence-corrected chi connectivity index (χ0v) is 19.5. The van der Waals surface area contributed by atoms with Crippen molar-refractivity contribution in [2.24, 2.45) is 0 Å². The Morgan fingerprint density at radius 3 is 2.62 bits per heavy atom. The molecule has 172 valence electrons. The molecule has 0 spiro atoms. The Bertz CT molecular complexity index is 1080. The van der Waals surface area contributed by atoms with E-state index in [0.717, 1.165) is 38.8 Å². The van der Waals surface area contributed by atoms with Crippen LogP contribution in [0.5, 0.6) is 5.75 Å². The summed E-state index contributed by atoms with van der Waals surface area (Å²) in [5.74, 6) is -0.0560. The first kappa shape index (κ1) is 22.8. The molecule has 4 rings (SSSR count). The van der Waals surface area contributed by atoms with E-state index >= 15 is 0 Å². The molecule has 32 heavy (non-hydrogen) atoms. The van der Waals surface area contributed by atoms with Crippen molar-refractivity contribution < 1.29 is 17.9 Å². The van der Waals surface area contributed by atoms with Gasteiger partial charge in [-0.3, -0.25) is 9.69 Å². The molecular weight excluding hydrogens is 426 g/mol. The Hall–Kier alpha value is -2.42. The summed E-state index contributed by atoms with van der Waals surface area (Å²) in [5.41, 5.74) is 3.05. The van der Waals surface area contributed by atoms with Gasteiger partial charge < -0.3 is 10.1 Å². The van der Waals surface area contributed by atoms with Crippen molar-refractivity contribution >= 4 is 15.9 Å². The minimum absolute atomic E-state index is 0.000714. The standard InChI is InChI=1S/C24H31N3O4S/c1-3-21(27-13-12-17-6-4-5-7-19(17)16-27)15-25-24(28)18-8-11-22(31-2)23(14-18)32(29,30)26-20-9-10-20/h4-8,11,14,20-21,26H,3,9-10,12-13,15-16H2,1-2H3,(H,25,28). The van der Waals surface area contributed by atoms with Crippen LogP contribution in [-0.2, 0) is 23.0 Å². The van der Waals surface area contributed by atoms with Crippen LogP contribution in [0, 0.1) is 0 Å². The molecule has 2 aromatic carbocycles. The van der Waals surface area contributed by atoms with Crippen molar-refractivity contribution in [1.29, 1.82) is 0 Å². The number of sulfonamides is 1. The number of methoxy groups -OCH3 is 1. The van der Waals surface area contributed by atoms with Gasteiger partial charge in [-0.1, -0.05) is 31.2 Å². The Kier molecular flexibility index (Phi) is 6.83. The topological polar surface area (TPSA) is 87.7 Å². The minimum atomic E-state index is -3.74. The second-order valence-corrected chi connectivity index (χ2v) is 10.2. The molecule has 1 aliphatic carbocycles. The molecule has 2 aromatic rings. The molecule has 7 nitrogen and oxygen atoms in total. The predicted octanol–water partition coefficient (Wildman–Crippen LogP) is 2.70. The average molecular weight is 458 g/mol. The van der Waals surface area contributed by atoms with E-state index in [9.17, 15) is 13.2 Å². The first-order valence-electron chi connectivity index (χ1n) is 11.2. The Labute approximate surface area is 190 Å². The lowest BCUT2D eigenvalue weighted by atomic mass is 9.98. The third kappa shape index (κ3) is 5.14. The van der Waals surface area contributed by atoms with Crippen molar-refractivity contribution in [3.05, 3.63) is 59.2 Å². The maximum Gasteiger partial charge on any atom is 0.251 e. The molecule has 1 amide bonds. The van der Waals surface area contributed by atoms with Crippen molar-refractivity contribution in [2.45, 2.75) is 56.1 Å². The zero-order chi connectivity index (χ0) is 22.7. The van der Waals surface area contributed by atoms with E-state index in [2.05, 4.69) is 46.1 Å². The minimum Gasteiger partial charge on any atom is -0.495 e. The highest BCUT2D eigenvalue weighted by atomic mass is 32.2. The number of benzene rings is 2. The van der Waals surface area contributed by atoms with Crippen LogP contribution in [0.25, 0.3) is 0 Å². The van der Waals surface area contributed by atoms with E-state index in [4.69, 9.17) is 4.74 Å². The monoisotopic (exact) mass is 457 g/mol. The normalized spacial score (nSPS) is 17.4. The Morgan fingerprint density at radius 2 is 1.94 bits per heavy atom. The third-order valence-corrected chi connectivity index (χ3v) is 7.80. The summed E-state index contributed by atoms with van der Waals surface area (Å²) in [6.45, 7) is 4.47. The highest BCUT2D eigenvalue weighted by molar-refractivity contribution is 7.89. The fourth-order valence-electron chi connectivity index (χ4n) is 4.19. The number of rotatable bonds is 9. The molecule has 1 unspecified atom stereocenters. The summed E-state index contributed by atoms with van der Waals surface area (Å²) >= 11 is 0. The highest BCUT2D eigenvalue weighted by Gasteiger charge is 2.30. The van der Waals surface area contributed by atoms with E-state index < -0.39 is 10.0 Å². The van der Waals surface area contributed by atoms with Gasteiger partial charge in [0.2, 0.25) is 10.0 Å². The molecule has 1 fully saturated rings. The first-order chi connectivity index (χ1) is 15.4. The lowest BCUT2D eigenvalue weighted by molar-refractivity contribution is 0.0926. The number of hydrogen-bond donors (Lipinski definition) is 2. The maximum absolute atomic E-state index is 12.9. The Morgan fingerprint density at radius 1 is 1.19 bits per heavy atom. The van der Waals surface area contributed by atoms with Gasteiger partial charge in [0.1, 0.15) is 10.6 Å². The van der Waals surface area contributed by atoms with Gasteiger partial charge in [0.15, 0.2) is 0 Å². The summed E-state index contributed by atoms with van der Waals surface area (Å²) < 4.78 is 33.3. The second-order valence-electron chi connectivity index (χ2n) is 8.52. The molecule has 1 atom stereocenters. The summed E-state index contributed by atoms with van der Waals surface area (Å²) in [4.78, 5) is 15.3. The molecule has 2 aliphatic rings. The number of ether oxygens (including phenoxy) is 1. The number of nitrogens with one attached hydrogen (secondary N) is 2. The smallest absolute Gasteiger partial charge is 0.251 e. The largest absolute Gasteiger partial charge is 0.495 e. The Balaban J connectivity index is 1.43.